The molecule has 3 nitrogen and oxygen atoms in total. The van der Waals surface area contributed by atoms with Crippen molar-refractivity contribution in [3.05, 3.63) is 0 Å². The summed E-state index contributed by atoms with van der Waals surface area (Å²) in [5, 5.41) is 0. The third-order valence-electron chi connectivity index (χ3n) is 0.658. The van der Waals surface area contributed by atoms with Gasteiger partial charge in [0.25, 0.3) is 0 Å². The average Bonchev–Trinajstić information content (AvgIpc) is 1.61. The molecule has 0 fully saturated rings. The predicted octanol–water partition coefficient (Wildman–Crippen LogP) is -0.154. The fourth-order valence-corrected chi connectivity index (χ4v) is 0.289. The summed E-state index contributed by atoms with van der Waals surface area (Å²) >= 11 is 0. The fourth-order valence-electron chi connectivity index (χ4n) is 0.289. The van der Waals surface area contributed by atoms with Crippen molar-refractivity contribution >= 4 is 0 Å². The summed E-state index contributed by atoms with van der Waals surface area (Å²) in [6, 6.07) is 0. The normalized spacial score (nSPS) is 7.71. The Kier molecular flexibility index (Phi) is 13.3. The summed E-state index contributed by atoms with van der Waals surface area (Å²) in [4.78, 5) is 0. The van der Waals surface area contributed by atoms with Crippen LogP contribution in [0.25, 0.3) is 0 Å². The highest BCUT2D eigenvalue weighted by Crippen LogP contribution is 1.77. The van der Waals surface area contributed by atoms with E-state index in [1.54, 1.807) is 0 Å². The molecule has 3 heteroatoms. The lowest BCUT2D eigenvalue weighted by atomic mass is 10.3. The highest BCUT2D eigenvalue weighted by atomic mass is 14.5. The van der Waals surface area contributed by atoms with Crippen LogP contribution in [0.1, 0.15) is 12.8 Å². The highest BCUT2D eigenvalue weighted by Gasteiger charge is 1.75. The molecule has 0 radical (unpaired) electrons. The van der Waals surface area contributed by atoms with Gasteiger partial charge in [0.2, 0.25) is 0 Å². The second kappa shape index (κ2) is 9.30. The zero-order valence-electron chi connectivity index (χ0n) is 4.69. The summed E-state index contributed by atoms with van der Waals surface area (Å²) in [6.45, 7) is 1.55. The Balaban J connectivity index is 0. The Bertz CT molecular complexity index is 18.9. The third kappa shape index (κ3) is 10.7. The van der Waals surface area contributed by atoms with Crippen molar-refractivity contribution in [1.29, 1.82) is 0 Å². The second-order valence-electron chi connectivity index (χ2n) is 1.28. The molecule has 7 heavy (non-hydrogen) atoms. The van der Waals surface area contributed by atoms with Gasteiger partial charge in [-0.1, -0.05) is 0 Å². The van der Waals surface area contributed by atoms with Gasteiger partial charge in [0.1, 0.15) is 0 Å². The van der Waals surface area contributed by atoms with Crippen LogP contribution in [0.3, 0.4) is 0 Å². The van der Waals surface area contributed by atoms with Crippen molar-refractivity contribution in [3.63, 3.8) is 0 Å². The standard InChI is InChI=1S/C4H12N2.H3N/c5-3-1-2-4-6;/h1-6H2;1H3. The largest absolute Gasteiger partial charge is 0.344 e. The first-order chi connectivity index (χ1) is 2.91. The molecule has 0 bridgehead atoms. The van der Waals surface area contributed by atoms with Crippen molar-refractivity contribution in [3.8, 4) is 0 Å². The van der Waals surface area contributed by atoms with Crippen LogP contribution < -0.4 is 17.6 Å². The molecule has 0 saturated carbocycles. The van der Waals surface area contributed by atoms with Gasteiger partial charge in [0.05, 0.1) is 0 Å². The molecule has 7 N–H and O–H groups in total. The molecule has 0 amide bonds. The molecule has 0 spiro atoms. The maximum Gasteiger partial charge on any atom is -0.00768 e. The zero-order chi connectivity index (χ0) is 4.83. The van der Waals surface area contributed by atoms with E-state index in [1.807, 2.05) is 0 Å². The molecular formula is C4H15N3. The number of rotatable bonds is 3. The summed E-state index contributed by atoms with van der Waals surface area (Å²) < 4.78 is 0. The number of hydrogen-bond acceptors (Lipinski definition) is 3. The van der Waals surface area contributed by atoms with Gasteiger partial charge in [0, 0.05) is 0 Å². The first-order valence-corrected chi connectivity index (χ1v) is 2.32. The molecule has 0 heterocycles. The van der Waals surface area contributed by atoms with E-state index in [-0.39, 0.29) is 6.15 Å². The lowest BCUT2D eigenvalue weighted by Gasteiger charge is -1.87. The number of unbranched alkanes of at least 4 members (excludes halogenated alkanes) is 1. The van der Waals surface area contributed by atoms with E-state index in [2.05, 4.69) is 0 Å². The molecule has 0 unspecified atom stereocenters. The summed E-state index contributed by atoms with van der Waals surface area (Å²) in [6.07, 6.45) is 2.13. The van der Waals surface area contributed by atoms with Crippen LogP contribution in [0, 0.1) is 0 Å². The molecule has 0 saturated heterocycles. The van der Waals surface area contributed by atoms with E-state index in [0.29, 0.717) is 0 Å². The average molecular weight is 105 g/mol. The van der Waals surface area contributed by atoms with E-state index in [0.717, 1.165) is 25.9 Å². The Hall–Kier alpha value is -0.120. The molecule has 0 aromatic carbocycles. The summed E-state index contributed by atoms with van der Waals surface area (Å²) in [5.74, 6) is 0. The first-order valence-electron chi connectivity index (χ1n) is 2.32. The van der Waals surface area contributed by atoms with Gasteiger partial charge in [-0.15, -0.1) is 0 Å². The van der Waals surface area contributed by atoms with E-state index in [1.165, 1.54) is 0 Å². The Morgan fingerprint density at radius 1 is 0.857 bits per heavy atom. The third-order valence-corrected chi connectivity index (χ3v) is 0.658. The van der Waals surface area contributed by atoms with Crippen molar-refractivity contribution in [2.45, 2.75) is 12.8 Å². The highest BCUT2D eigenvalue weighted by molar-refractivity contribution is 4.38. The Morgan fingerprint density at radius 2 is 1.14 bits per heavy atom. The van der Waals surface area contributed by atoms with Crippen molar-refractivity contribution < 1.29 is 0 Å². The number of hydrogen-bond donors (Lipinski definition) is 3. The molecule has 0 atom stereocenters. The lowest BCUT2D eigenvalue weighted by molar-refractivity contribution is 0.755. The lowest BCUT2D eigenvalue weighted by Crippen LogP contribution is -2.03. The second-order valence-corrected chi connectivity index (χ2v) is 1.28. The minimum absolute atomic E-state index is 0. The molecular weight excluding hydrogens is 90.1 g/mol. The maximum absolute atomic E-state index is 5.16. The molecule has 0 aliphatic carbocycles. The topological polar surface area (TPSA) is 87.0 Å². The maximum atomic E-state index is 5.16. The van der Waals surface area contributed by atoms with E-state index in [4.69, 9.17) is 11.5 Å². The predicted molar refractivity (Wildman–Crippen MR) is 32.4 cm³/mol. The van der Waals surface area contributed by atoms with E-state index >= 15 is 0 Å². The molecule has 0 rings (SSSR count). The van der Waals surface area contributed by atoms with Crippen LogP contribution in [-0.4, -0.2) is 13.1 Å². The van der Waals surface area contributed by atoms with Crippen molar-refractivity contribution in [2.75, 3.05) is 13.1 Å². The van der Waals surface area contributed by atoms with Gasteiger partial charge in [-0.3, -0.25) is 0 Å². The zero-order valence-corrected chi connectivity index (χ0v) is 4.69. The summed E-state index contributed by atoms with van der Waals surface area (Å²) in [7, 11) is 0. The Morgan fingerprint density at radius 3 is 1.29 bits per heavy atom. The van der Waals surface area contributed by atoms with E-state index < -0.39 is 0 Å². The molecule has 46 valence electrons. The minimum atomic E-state index is 0. The minimum Gasteiger partial charge on any atom is -0.344 e. The number of nitrogens with two attached hydrogens (primary N) is 2. The van der Waals surface area contributed by atoms with Gasteiger partial charge in [0.15, 0.2) is 0 Å². The van der Waals surface area contributed by atoms with Crippen LogP contribution in [-0.2, 0) is 0 Å². The van der Waals surface area contributed by atoms with E-state index in [9.17, 15) is 0 Å². The Labute approximate surface area is 44.6 Å². The molecule has 0 aliphatic heterocycles. The monoisotopic (exact) mass is 105 g/mol. The fraction of sp³-hybridized carbons (Fsp3) is 1.00. The van der Waals surface area contributed by atoms with Gasteiger partial charge >= 0.3 is 0 Å². The van der Waals surface area contributed by atoms with Gasteiger partial charge in [-0.25, -0.2) is 0 Å². The van der Waals surface area contributed by atoms with Crippen LogP contribution in [0.5, 0.6) is 0 Å². The van der Waals surface area contributed by atoms with Crippen LogP contribution >= 0.6 is 0 Å². The van der Waals surface area contributed by atoms with Crippen molar-refractivity contribution in [2.24, 2.45) is 11.5 Å². The first kappa shape index (κ1) is 9.99. The van der Waals surface area contributed by atoms with Crippen LogP contribution in [0.15, 0.2) is 0 Å². The van der Waals surface area contributed by atoms with Gasteiger partial charge in [-0.05, 0) is 25.9 Å². The SMILES string of the molecule is N.NCCCCN. The quantitative estimate of drug-likeness (QED) is 0.436. The van der Waals surface area contributed by atoms with Crippen LogP contribution in [0.4, 0.5) is 0 Å². The molecule has 0 aromatic heterocycles. The van der Waals surface area contributed by atoms with Crippen molar-refractivity contribution in [1.82, 2.24) is 6.15 Å². The van der Waals surface area contributed by atoms with Crippen LogP contribution in [0.2, 0.25) is 0 Å². The van der Waals surface area contributed by atoms with Gasteiger partial charge < -0.3 is 17.6 Å². The summed E-state index contributed by atoms with van der Waals surface area (Å²) in [5.41, 5.74) is 10.3. The van der Waals surface area contributed by atoms with Gasteiger partial charge in [-0.2, -0.15) is 0 Å². The smallest absolute Gasteiger partial charge is 0.00768 e. The molecule has 0 aliphatic rings. The molecule has 0 aromatic rings.